The van der Waals surface area contributed by atoms with E-state index in [-0.39, 0.29) is 0 Å². The normalized spacial score (nSPS) is 13.3. The zero-order valence-corrected chi connectivity index (χ0v) is 11.7. The number of halogens is 1. The zero-order chi connectivity index (χ0) is 11.0. The van der Waals surface area contributed by atoms with E-state index >= 15 is 0 Å². The van der Waals surface area contributed by atoms with Gasteiger partial charge in [0, 0.05) is 7.11 Å². The molecule has 4 nitrogen and oxygen atoms in total. The lowest BCUT2D eigenvalue weighted by Crippen LogP contribution is -1.96. The third-order valence-corrected chi connectivity index (χ3v) is 5.39. The average molecular weight is 334 g/mol. The Morgan fingerprint density at radius 1 is 1.36 bits per heavy atom. The molecule has 0 atom stereocenters. The van der Waals surface area contributed by atoms with E-state index in [1.807, 2.05) is 22.6 Å². The van der Waals surface area contributed by atoms with Crippen molar-refractivity contribution in [3.8, 4) is 0 Å². The van der Waals surface area contributed by atoms with Crippen molar-refractivity contribution in [3.63, 3.8) is 0 Å². The lowest BCUT2D eigenvalue weighted by atomic mass is 10.7. The van der Waals surface area contributed by atoms with Crippen LogP contribution in [0.4, 0.5) is 0 Å². The summed E-state index contributed by atoms with van der Waals surface area (Å²) in [6, 6.07) is 0. The Balaban J connectivity index is 4.54. The molecule has 0 spiro atoms. The molecule has 0 aromatic carbocycles. The summed E-state index contributed by atoms with van der Waals surface area (Å²) in [5.74, 6) is 0. The molecule has 0 rings (SSSR count). The number of rotatable bonds is 7. The van der Waals surface area contributed by atoms with Gasteiger partial charge in [-0.25, -0.2) is 0 Å². The first-order chi connectivity index (χ1) is 6.60. The fraction of sp³-hybridized carbons (Fsp3) is 0.750. The molecule has 0 aromatic heterocycles. The van der Waals surface area contributed by atoms with Crippen molar-refractivity contribution >= 4 is 30.2 Å². The maximum atomic E-state index is 12.0. The van der Waals surface area contributed by atoms with Gasteiger partial charge in [0.1, 0.15) is 3.32 Å². The number of ether oxygens (including phenoxy) is 1. The van der Waals surface area contributed by atoms with Crippen molar-refractivity contribution in [3.05, 3.63) is 9.40 Å². The Bertz CT molecular complexity index is 219. The highest BCUT2D eigenvalue weighted by Crippen LogP contribution is 2.58. The minimum Gasteiger partial charge on any atom is -0.381 e. The monoisotopic (exact) mass is 334 g/mol. The van der Waals surface area contributed by atoms with Crippen LogP contribution in [0.3, 0.4) is 0 Å². The summed E-state index contributed by atoms with van der Waals surface area (Å²) in [5.41, 5.74) is 0. The summed E-state index contributed by atoms with van der Waals surface area (Å²) in [6.45, 7) is 4.70. The molecule has 6 heteroatoms. The summed E-state index contributed by atoms with van der Waals surface area (Å²) in [4.78, 5) is 0. The average Bonchev–Trinajstić information content (AvgIpc) is 2.15. The van der Waals surface area contributed by atoms with E-state index < -0.39 is 7.60 Å². The van der Waals surface area contributed by atoms with E-state index in [1.54, 1.807) is 27.0 Å². The van der Waals surface area contributed by atoms with Crippen LogP contribution in [0.15, 0.2) is 9.40 Å². The van der Waals surface area contributed by atoms with Crippen molar-refractivity contribution < 1.29 is 18.3 Å². The SMILES string of the molecule is CCOP(=O)(OCC)C(I)=CCOC. The summed E-state index contributed by atoms with van der Waals surface area (Å²) in [5, 5.41) is 0. The fourth-order valence-corrected chi connectivity index (χ4v) is 3.08. The van der Waals surface area contributed by atoms with E-state index in [0.717, 1.165) is 0 Å². The predicted octanol–water partition coefficient (Wildman–Crippen LogP) is 3.18. The van der Waals surface area contributed by atoms with E-state index in [1.165, 1.54) is 0 Å². The van der Waals surface area contributed by atoms with E-state index in [0.29, 0.717) is 23.1 Å². The molecule has 0 saturated carbocycles. The Kier molecular flexibility index (Phi) is 8.14. The molecule has 0 saturated heterocycles. The lowest BCUT2D eigenvalue weighted by Gasteiger charge is -2.16. The smallest absolute Gasteiger partial charge is 0.367 e. The first-order valence-corrected chi connectivity index (χ1v) is 6.97. The molecule has 84 valence electrons. The molecular weight excluding hydrogens is 318 g/mol. The van der Waals surface area contributed by atoms with Crippen molar-refractivity contribution in [2.45, 2.75) is 13.8 Å². The van der Waals surface area contributed by atoms with Crippen LogP contribution < -0.4 is 0 Å². The molecule has 0 radical (unpaired) electrons. The lowest BCUT2D eigenvalue weighted by molar-refractivity contribution is 0.224. The van der Waals surface area contributed by atoms with Crippen molar-refractivity contribution in [2.24, 2.45) is 0 Å². The van der Waals surface area contributed by atoms with Gasteiger partial charge in [-0.3, -0.25) is 4.57 Å². The third-order valence-electron chi connectivity index (χ3n) is 1.28. The summed E-state index contributed by atoms with van der Waals surface area (Å²) in [6.07, 6.45) is 1.70. The molecular formula is C8H16IO4P. The minimum absolute atomic E-state index is 0.366. The second-order valence-corrected chi connectivity index (χ2v) is 6.32. The van der Waals surface area contributed by atoms with E-state index in [9.17, 15) is 4.57 Å². The van der Waals surface area contributed by atoms with Crippen LogP contribution in [-0.2, 0) is 18.3 Å². The summed E-state index contributed by atoms with van der Waals surface area (Å²) < 4.78 is 27.7. The fourth-order valence-electron chi connectivity index (χ4n) is 0.764. The molecule has 0 bridgehead atoms. The van der Waals surface area contributed by atoms with Gasteiger partial charge in [0.05, 0.1) is 19.8 Å². The second kappa shape index (κ2) is 7.82. The molecule has 0 aliphatic carbocycles. The van der Waals surface area contributed by atoms with Gasteiger partial charge in [-0.15, -0.1) is 0 Å². The van der Waals surface area contributed by atoms with Crippen LogP contribution in [0.5, 0.6) is 0 Å². The highest BCUT2D eigenvalue weighted by Gasteiger charge is 2.27. The maximum Gasteiger partial charge on any atom is 0.367 e. The molecule has 0 amide bonds. The van der Waals surface area contributed by atoms with Crippen LogP contribution in [-0.4, -0.2) is 26.9 Å². The Morgan fingerprint density at radius 3 is 2.21 bits per heavy atom. The first kappa shape index (κ1) is 14.6. The maximum absolute atomic E-state index is 12.0. The largest absolute Gasteiger partial charge is 0.381 e. The summed E-state index contributed by atoms with van der Waals surface area (Å²) >= 11 is 1.96. The topological polar surface area (TPSA) is 44.8 Å². The molecule has 14 heavy (non-hydrogen) atoms. The predicted molar refractivity (Wildman–Crippen MR) is 64.8 cm³/mol. The van der Waals surface area contributed by atoms with Crippen molar-refractivity contribution in [2.75, 3.05) is 26.9 Å². The molecule has 0 aliphatic rings. The highest BCUT2D eigenvalue weighted by molar-refractivity contribution is 14.1. The van der Waals surface area contributed by atoms with Crippen LogP contribution >= 0.6 is 30.2 Å². The van der Waals surface area contributed by atoms with Crippen molar-refractivity contribution in [1.82, 2.24) is 0 Å². The van der Waals surface area contributed by atoms with Gasteiger partial charge < -0.3 is 13.8 Å². The van der Waals surface area contributed by atoms with E-state index in [4.69, 9.17) is 13.8 Å². The molecule has 0 fully saturated rings. The highest BCUT2D eigenvalue weighted by atomic mass is 127. The van der Waals surface area contributed by atoms with Gasteiger partial charge in [0.25, 0.3) is 0 Å². The molecule has 0 aromatic rings. The Hall–Kier alpha value is 0.580. The summed E-state index contributed by atoms with van der Waals surface area (Å²) in [7, 11) is -1.50. The van der Waals surface area contributed by atoms with Gasteiger partial charge in [-0.1, -0.05) is 0 Å². The number of hydrogen-bond donors (Lipinski definition) is 0. The van der Waals surface area contributed by atoms with Gasteiger partial charge in [0.2, 0.25) is 0 Å². The standard InChI is InChI=1S/C8H16IO4P/c1-4-12-14(10,13-5-2)8(9)6-7-11-3/h6H,4-5,7H2,1-3H3. The van der Waals surface area contributed by atoms with Gasteiger partial charge in [-0.05, 0) is 42.5 Å². The van der Waals surface area contributed by atoms with Crippen molar-refractivity contribution in [1.29, 1.82) is 0 Å². The Morgan fingerprint density at radius 2 is 1.86 bits per heavy atom. The Labute approximate surface area is 98.7 Å². The van der Waals surface area contributed by atoms with Gasteiger partial charge >= 0.3 is 7.60 Å². The van der Waals surface area contributed by atoms with Crippen LogP contribution in [0.1, 0.15) is 13.8 Å². The molecule has 0 unspecified atom stereocenters. The second-order valence-electron chi connectivity index (χ2n) is 2.32. The molecule has 0 heterocycles. The van der Waals surface area contributed by atoms with Crippen LogP contribution in [0.25, 0.3) is 0 Å². The van der Waals surface area contributed by atoms with Gasteiger partial charge in [0.15, 0.2) is 0 Å². The minimum atomic E-state index is -3.07. The molecule has 0 N–H and O–H groups in total. The van der Waals surface area contributed by atoms with Crippen LogP contribution in [0.2, 0.25) is 0 Å². The van der Waals surface area contributed by atoms with Gasteiger partial charge in [-0.2, -0.15) is 0 Å². The number of hydrogen-bond acceptors (Lipinski definition) is 4. The van der Waals surface area contributed by atoms with E-state index in [2.05, 4.69) is 0 Å². The quantitative estimate of drug-likeness (QED) is 0.530. The number of methoxy groups -OCH3 is 1. The molecule has 0 aliphatic heterocycles. The van der Waals surface area contributed by atoms with Crippen LogP contribution in [0, 0.1) is 0 Å². The first-order valence-electron chi connectivity index (χ1n) is 4.35. The third kappa shape index (κ3) is 4.89. The zero-order valence-electron chi connectivity index (χ0n) is 8.66.